The minimum atomic E-state index is -1.01. The van der Waals surface area contributed by atoms with E-state index in [1.54, 1.807) is 26.0 Å². The van der Waals surface area contributed by atoms with Gasteiger partial charge in [-0.05, 0) is 62.2 Å². The number of hydrogen-bond acceptors (Lipinski definition) is 6. The molecule has 7 heteroatoms. The van der Waals surface area contributed by atoms with E-state index in [-0.39, 0.29) is 5.56 Å². The van der Waals surface area contributed by atoms with E-state index in [2.05, 4.69) is 10.3 Å². The predicted molar refractivity (Wildman–Crippen MR) is 116 cm³/mol. The molecule has 1 saturated heterocycles. The number of nitrogens with one attached hydrogen (secondary N) is 1. The van der Waals surface area contributed by atoms with Gasteiger partial charge in [0.2, 0.25) is 0 Å². The molecule has 1 aliphatic heterocycles. The summed E-state index contributed by atoms with van der Waals surface area (Å²) in [5.41, 5.74) is 1.41. The second kappa shape index (κ2) is 8.47. The van der Waals surface area contributed by atoms with Crippen LogP contribution in [0.1, 0.15) is 23.2 Å². The zero-order chi connectivity index (χ0) is 20.4. The molecule has 4 rings (SSSR count). The number of pyridine rings is 1. The molecule has 2 N–H and O–H groups in total. The third-order valence-corrected chi connectivity index (χ3v) is 6.76. The summed E-state index contributed by atoms with van der Waals surface area (Å²) >= 11 is 1.77. The van der Waals surface area contributed by atoms with Crippen LogP contribution in [-0.2, 0) is 0 Å². The highest BCUT2D eigenvalue weighted by molar-refractivity contribution is 7.99. The lowest BCUT2D eigenvalue weighted by Crippen LogP contribution is -2.28. The molecule has 0 aliphatic carbocycles. The maximum Gasteiger partial charge on any atom is 0.338 e. The van der Waals surface area contributed by atoms with Crippen molar-refractivity contribution in [2.24, 2.45) is 5.92 Å². The molecule has 0 radical (unpaired) electrons. The third kappa shape index (κ3) is 3.97. The largest absolute Gasteiger partial charge is 0.497 e. The number of aromatic carboxylic acids is 1. The van der Waals surface area contributed by atoms with Gasteiger partial charge in [-0.3, -0.25) is 0 Å². The Hall–Kier alpha value is -2.51. The molecule has 2 aromatic carbocycles. The van der Waals surface area contributed by atoms with Gasteiger partial charge in [-0.1, -0.05) is 0 Å². The number of thioether (sulfide) groups is 1. The van der Waals surface area contributed by atoms with E-state index in [0.717, 1.165) is 58.6 Å². The Labute approximate surface area is 173 Å². The highest BCUT2D eigenvalue weighted by atomic mass is 32.2. The summed E-state index contributed by atoms with van der Waals surface area (Å²) < 4.78 is 10.8. The summed E-state index contributed by atoms with van der Waals surface area (Å²) in [6, 6.07) is 9.14. The second-order valence-corrected chi connectivity index (χ2v) is 8.23. The van der Waals surface area contributed by atoms with Crippen molar-refractivity contribution in [3.05, 3.63) is 35.9 Å². The van der Waals surface area contributed by atoms with E-state index in [1.165, 1.54) is 6.07 Å². The van der Waals surface area contributed by atoms with Gasteiger partial charge in [-0.15, -0.1) is 11.8 Å². The van der Waals surface area contributed by atoms with Crippen molar-refractivity contribution in [1.82, 2.24) is 10.3 Å². The lowest BCUT2D eigenvalue weighted by atomic mass is 10.0. The molecular formula is C22H24N2O4S. The number of carboxylic acid groups (broad SMARTS) is 1. The van der Waals surface area contributed by atoms with Crippen LogP contribution in [-0.4, -0.2) is 49.1 Å². The molecule has 0 saturated carbocycles. The smallest absolute Gasteiger partial charge is 0.338 e. The van der Waals surface area contributed by atoms with Crippen LogP contribution < -0.4 is 14.8 Å². The first-order valence-corrected chi connectivity index (χ1v) is 10.7. The van der Waals surface area contributed by atoms with Crippen molar-refractivity contribution in [3.63, 3.8) is 0 Å². The van der Waals surface area contributed by atoms with Gasteiger partial charge in [0.15, 0.2) is 0 Å². The minimum absolute atomic E-state index is 0.154. The van der Waals surface area contributed by atoms with Crippen LogP contribution in [0, 0.1) is 5.92 Å². The topological polar surface area (TPSA) is 80.7 Å². The van der Waals surface area contributed by atoms with Crippen LogP contribution in [0.4, 0.5) is 0 Å². The van der Waals surface area contributed by atoms with Crippen LogP contribution >= 0.6 is 11.8 Å². The molecule has 1 aromatic heterocycles. The molecule has 0 unspecified atom stereocenters. The van der Waals surface area contributed by atoms with Gasteiger partial charge in [0, 0.05) is 21.4 Å². The standard InChI is InChI=1S/C22H24N2O4S/c1-27-14-3-4-19-16(9-14)21(29-12-13-5-7-23-8-6-13)17-10-15(28-2)11-18(22(25)26)20(17)24-19/h3-4,9-11,13,23H,5-8,12H2,1-2H3,(H,25,26). The number of piperidine rings is 1. The SMILES string of the molecule is COc1ccc2nc3c(C(=O)O)cc(OC)cc3c(SCC3CCNCC3)c2c1. The molecule has 152 valence electrons. The second-order valence-electron chi connectivity index (χ2n) is 7.20. The average Bonchev–Trinajstić information content (AvgIpc) is 2.76. The van der Waals surface area contributed by atoms with Crippen molar-refractivity contribution in [2.45, 2.75) is 17.7 Å². The van der Waals surface area contributed by atoms with E-state index in [1.807, 2.05) is 24.3 Å². The Morgan fingerprint density at radius 2 is 1.86 bits per heavy atom. The maximum atomic E-state index is 11.9. The van der Waals surface area contributed by atoms with E-state index in [0.29, 0.717) is 17.2 Å². The monoisotopic (exact) mass is 412 g/mol. The maximum absolute atomic E-state index is 11.9. The van der Waals surface area contributed by atoms with Gasteiger partial charge in [0.05, 0.1) is 30.8 Å². The van der Waals surface area contributed by atoms with Gasteiger partial charge >= 0.3 is 5.97 Å². The fourth-order valence-corrected chi connectivity index (χ4v) is 5.14. The van der Waals surface area contributed by atoms with Crippen molar-refractivity contribution in [3.8, 4) is 11.5 Å². The number of hydrogen-bond donors (Lipinski definition) is 2. The number of methoxy groups -OCH3 is 2. The fraction of sp³-hybridized carbons (Fsp3) is 0.364. The molecule has 29 heavy (non-hydrogen) atoms. The molecule has 0 spiro atoms. The zero-order valence-corrected chi connectivity index (χ0v) is 17.3. The summed E-state index contributed by atoms with van der Waals surface area (Å²) in [5.74, 6) is 1.87. The number of aromatic nitrogens is 1. The fourth-order valence-electron chi connectivity index (χ4n) is 3.77. The summed E-state index contributed by atoms with van der Waals surface area (Å²) in [6.07, 6.45) is 2.31. The van der Waals surface area contributed by atoms with Gasteiger partial charge in [0.1, 0.15) is 11.5 Å². The Morgan fingerprint density at radius 1 is 1.14 bits per heavy atom. The normalized spacial score (nSPS) is 15.0. The molecule has 6 nitrogen and oxygen atoms in total. The van der Waals surface area contributed by atoms with Crippen molar-refractivity contribution in [2.75, 3.05) is 33.1 Å². The molecule has 0 atom stereocenters. The lowest BCUT2D eigenvalue weighted by Gasteiger charge is -2.23. The van der Waals surface area contributed by atoms with E-state index < -0.39 is 5.97 Å². The highest BCUT2D eigenvalue weighted by Gasteiger charge is 2.20. The number of carboxylic acids is 1. The van der Waals surface area contributed by atoms with E-state index in [9.17, 15) is 9.90 Å². The quantitative estimate of drug-likeness (QED) is 0.464. The Balaban J connectivity index is 1.92. The first kappa shape index (κ1) is 19.8. The van der Waals surface area contributed by atoms with E-state index in [4.69, 9.17) is 9.47 Å². The summed E-state index contributed by atoms with van der Waals surface area (Å²) in [5, 5.41) is 14.9. The van der Waals surface area contributed by atoms with Crippen LogP contribution in [0.25, 0.3) is 21.8 Å². The van der Waals surface area contributed by atoms with Crippen LogP contribution in [0.15, 0.2) is 35.2 Å². The predicted octanol–water partition coefficient (Wildman–Crippen LogP) is 4.20. The van der Waals surface area contributed by atoms with Crippen molar-refractivity contribution < 1.29 is 19.4 Å². The first-order chi connectivity index (χ1) is 14.1. The molecule has 1 fully saturated rings. The summed E-state index contributed by atoms with van der Waals surface area (Å²) in [6.45, 7) is 2.10. The van der Waals surface area contributed by atoms with Crippen LogP contribution in [0.5, 0.6) is 11.5 Å². The molecule has 3 aromatic rings. The molecule has 1 aliphatic rings. The Bertz CT molecular complexity index is 1060. The number of nitrogens with zero attached hydrogens (tertiary/aromatic N) is 1. The number of carbonyl (C=O) groups is 1. The Kier molecular flexibility index (Phi) is 5.78. The number of benzene rings is 2. The lowest BCUT2D eigenvalue weighted by molar-refractivity contribution is 0.0698. The number of ether oxygens (including phenoxy) is 2. The van der Waals surface area contributed by atoms with Crippen LogP contribution in [0.2, 0.25) is 0 Å². The van der Waals surface area contributed by atoms with Gasteiger partial charge < -0.3 is 19.9 Å². The molecular weight excluding hydrogens is 388 g/mol. The molecule has 2 heterocycles. The minimum Gasteiger partial charge on any atom is -0.497 e. The van der Waals surface area contributed by atoms with E-state index >= 15 is 0 Å². The number of fused-ring (bicyclic) bond motifs is 2. The summed E-state index contributed by atoms with van der Waals surface area (Å²) in [7, 11) is 3.19. The van der Waals surface area contributed by atoms with Gasteiger partial charge in [-0.25, -0.2) is 9.78 Å². The first-order valence-electron chi connectivity index (χ1n) is 9.67. The van der Waals surface area contributed by atoms with Crippen LogP contribution in [0.3, 0.4) is 0 Å². The average molecular weight is 413 g/mol. The third-order valence-electron chi connectivity index (χ3n) is 5.40. The van der Waals surface area contributed by atoms with Gasteiger partial charge in [-0.2, -0.15) is 0 Å². The zero-order valence-electron chi connectivity index (χ0n) is 16.5. The number of rotatable bonds is 6. The van der Waals surface area contributed by atoms with Crippen molar-refractivity contribution >= 4 is 39.5 Å². The van der Waals surface area contributed by atoms with Gasteiger partial charge in [0.25, 0.3) is 0 Å². The van der Waals surface area contributed by atoms with Crippen molar-refractivity contribution in [1.29, 1.82) is 0 Å². The Morgan fingerprint density at radius 3 is 2.55 bits per heavy atom. The molecule has 0 bridgehead atoms. The summed E-state index contributed by atoms with van der Waals surface area (Å²) in [4.78, 5) is 17.6. The highest BCUT2D eigenvalue weighted by Crippen LogP contribution is 2.40. The molecule has 0 amide bonds.